The Hall–Kier alpha value is -5.04. The third kappa shape index (κ3) is 10.4. The molecule has 6 rings (SSSR count). The van der Waals surface area contributed by atoms with E-state index in [0.29, 0.717) is 0 Å². The van der Waals surface area contributed by atoms with Crippen LogP contribution >= 0.6 is 7.82 Å². The van der Waals surface area contributed by atoms with E-state index in [9.17, 15) is 19.0 Å². The number of fused-ring (bicyclic) bond motifs is 1. The normalized spacial score (nSPS) is 24.0. The zero-order valence-electron chi connectivity index (χ0n) is 30.0. The first-order chi connectivity index (χ1) is 26.5. The fourth-order valence-corrected chi connectivity index (χ4v) is 7.10. The van der Waals surface area contributed by atoms with Gasteiger partial charge in [-0.3, -0.25) is 28.3 Å². The first-order valence-electron chi connectivity index (χ1n) is 17.4. The summed E-state index contributed by atoms with van der Waals surface area (Å²) >= 11 is 0. The number of H-pyrrole nitrogens is 1. The number of phosphoric acid groups is 1. The van der Waals surface area contributed by atoms with Gasteiger partial charge >= 0.3 is 13.9 Å². The molecule has 7 unspecified atom stereocenters. The van der Waals surface area contributed by atoms with Crippen LogP contribution in [0.25, 0.3) is 11.2 Å². The number of benzene rings is 2. The minimum atomic E-state index is -4.82. The lowest BCUT2D eigenvalue weighted by Crippen LogP contribution is -2.35. The van der Waals surface area contributed by atoms with Crippen molar-refractivity contribution < 1.29 is 42.2 Å². The van der Waals surface area contributed by atoms with Crippen LogP contribution in [0.1, 0.15) is 37.1 Å². The Morgan fingerprint density at radius 2 is 1.78 bits per heavy atom. The molecule has 2 aliphatic heterocycles. The number of imidazole rings is 1. The number of hydrogen-bond acceptors (Lipinski definition) is 12. The molecular weight excluding hydrogens is 735 g/mol. The number of rotatable bonds is 16. The number of hydrogen-bond donors (Lipinski definition) is 4. The minimum absolute atomic E-state index is 0.0193. The molecule has 19 heteroatoms. The highest BCUT2D eigenvalue weighted by molar-refractivity contribution is 7.47. The van der Waals surface area contributed by atoms with Crippen molar-refractivity contribution in [3.63, 3.8) is 0 Å². The third-order valence-electron chi connectivity index (χ3n) is 8.68. The second-order valence-electron chi connectivity index (χ2n) is 12.8. The largest absolute Gasteiger partial charge is 0.472 e. The molecule has 18 nitrogen and oxygen atoms in total. The Balaban J connectivity index is 1.17. The van der Waals surface area contributed by atoms with Crippen LogP contribution in [-0.2, 0) is 45.8 Å². The Labute approximate surface area is 316 Å². The molecule has 4 heterocycles. The van der Waals surface area contributed by atoms with Crippen LogP contribution < -0.4 is 17.0 Å². The predicted molar refractivity (Wildman–Crippen MR) is 200 cm³/mol. The van der Waals surface area contributed by atoms with Crippen LogP contribution in [-0.4, -0.2) is 85.0 Å². The van der Waals surface area contributed by atoms with E-state index < -0.39 is 62.9 Å². The first kappa shape index (κ1) is 39.6. The fourth-order valence-electron chi connectivity index (χ4n) is 6.14. The smallest absolute Gasteiger partial charge is 0.387 e. The van der Waals surface area contributed by atoms with E-state index in [1.165, 1.54) is 41.1 Å². The number of phosphoric ester groups is 1. The number of aromatic nitrogens is 4. The summed E-state index contributed by atoms with van der Waals surface area (Å²) in [5, 5.41) is 0. The molecular formula is C36H43N8O10P. The average Bonchev–Trinajstić information content (AvgIpc) is 3.87. The molecule has 292 valence electrons. The van der Waals surface area contributed by atoms with Crippen LogP contribution in [0.5, 0.6) is 0 Å². The van der Waals surface area contributed by atoms with E-state index in [2.05, 4.69) is 26.5 Å². The maximum atomic E-state index is 13.6. The fraction of sp³-hybridized carbons (Fsp3) is 0.361. The molecule has 6 N–H and O–H groups in total. The van der Waals surface area contributed by atoms with E-state index in [0.717, 1.165) is 11.1 Å². The average molecular weight is 779 g/mol. The summed E-state index contributed by atoms with van der Waals surface area (Å²) in [5.41, 5.74) is 12.9. The van der Waals surface area contributed by atoms with Gasteiger partial charge in [0.1, 0.15) is 36.6 Å². The molecule has 55 heavy (non-hydrogen) atoms. The van der Waals surface area contributed by atoms with Gasteiger partial charge in [-0.05, 0) is 24.1 Å². The highest BCUT2D eigenvalue weighted by atomic mass is 31.2. The van der Waals surface area contributed by atoms with E-state index >= 15 is 0 Å². The molecule has 0 aliphatic carbocycles. The number of allylic oxidation sites excluding steroid dienone is 2. The summed E-state index contributed by atoms with van der Waals surface area (Å²) in [4.78, 5) is 52.4. The summed E-state index contributed by atoms with van der Waals surface area (Å²) in [6.07, 6.45) is 0.846. The van der Waals surface area contributed by atoms with Gasteiger partial charge in [-0.2, -0.15) is 9.98 Å². The van der Waals surface area contributed by atoms with Gasteiger partial charge in [0.25, 0.3) is 5.56 Å². The molecule has 0 spiro atoms. The summed E-state index contributed by atoms with van der Waals surface area (Å²) in [6.45, 7) is 5.12. The molecule has 0 saturated carbocycles. The van der Waals surface area contributed by atoms with E-state index in [4.69, 9.17) is 39.5 Å². The number of nitrogen functional groups attached to an aromatic ring is 1. The predicted octanol–water partition coefficient (Wildman–Crippen LogP) is 3.91. The Bertz CT molecular complexity index is 2090. The highest BCUT2D eigenvalue weighted by Crippen LogP contribution is 2.49. The van der Waals surface area contributed by atoms with Crippen molar-refractivity contribution in [2.75, 3.05) is 18.9 Å². The van der Waals surface area contributed by atoms with Crippen LogP contribution in [0, 0.1) is 0 Å². The van der Waals surface area contributed by atoms with Gasteiger partial charge < -0.3 is 35.3 Å². The molecule has 2 saturated heterocycles. The number of amides is 2. The number of amidine groups is 1. The SMILES string of the molecule is C=CC=CN(C(=O)N=C(C)N)C1CC(OCc2ccccc2)C(COP(=O)(O)OC2CC(n3cnc4c(=O)[nH]c(N)nc43)OC2COCc2ccccc2)O1. The van der Waals surface area contributed by atoms with Gasteiger partial charge in [0, 0.05) is 19.0 Å². The summed E-state index contributed by atoms with van der Waals surface area (Å²) < 4.78 is 51.1. The van der Waals surface area contributed by atoms with Gasteiger partial charge in [0.05, 0.1) is 38.9 Å². The summed E-state index contributed by atoms with van der Waals surface area (Å²) in [6, 6.07) is 18.2. The monoisotopic (exact) mass is 778 g/mol. The van der Waals surface area contributed by atoms with Gasteiger partial charge in [0.2, 0.25) is 5.95 Å². The van der Waals surface area contributed by atoms with Gasteiger partial charge in [0.15, 0.2) is 11.2 Å². The van der Waals surface area contributed by atoms with E-state index in [-0.39, 0.29) is 55.6 Å². The van der Waals surface area contributed by atoms with Gasteiger partial charge in [-0.1, -0.05) is 73.3 Å². The number of anilines is 1. The van der Waals surface area contributed by atoms with Crippen molar-refractivity contribution in [3.05, 3.63) is 113 Å². The lowest BCUT2D eigenvalue weighted by molar-refractivity contribution is -0.0770. The lowest BCUT2D eigenvalue weighted by atomic mass is 10.1. The second kappa shape index (κ2) is 18.1. The first-order valence-corrected chi connectivity index (χ1v) is 18.9. The lowest BCUT2D eigenvalue weighted by Gasteiger charge is -2.24. The van der Waals surface area contributed by atoms with Crippen LogP contribution in [0.3, 0.4) is 0 Å². The molecule has 4 aromatic rings. The van der Waals surface area contributed by atoms with Crippen molar-refractivity contribution in [1.29, 1.82) is 0 Å². The number of aromatic amines is 1. The summed E-state index contributed by atoms with van der Waals surface area (Å²) in [7, 11) is -4.82. The number of carbonyl (C=O) groups excluding carboxylic acids is 1. The molecule has 0 bridgehead atoms. The third-order valence-corrected chi connectivity index (χ3v) is 9.69. The molecule has 0 radical (unpaired) electrons. The van der Waals surface area contributed by atoms with Crippen LogP contribution in [0.15, 0.2) is 102 Å². The number of ether oxygens (including phenoxy) is 4. The second-order valence-corrected chi connectivity index (χ2v) is 14.2. The maximum absolute atomic E-state index is 13.6. The van der Waals surface area contributed by atoms with E-state index in [1.54, 1.807) is 0 Å². The van der Waals surface area contributed by atoms with Crippen molar-refractivity contribution in [2.45, 2.75) is 69.9 Å². The molecule has 2 aliphatic rings. The maximum Gasteiger partial charge on any atom is 0.472 e. The van der Waals surface area contributed by atoms with Gasteiger partial charge in [-0.15, -0.1) is 0 Å². The van der Waals surface area contributed by atoms with Crippen LogP contribution in [0.4, 0.5) is 10.7 Å². The number of nitrogens with zero attached hydrogens (tertiary/aromatic N) is 5. The van der Waals surface area contributed by atoms with E-state index in [1.807, 2.05) is 60.7 Å². The quantitative estimate of drug-likeness (QED) is 0.0546. The van der Waals surface area contributed by atoms with Crippen LogP contribution in [0.2, 0.25) is 0 Å². The highest BCUT2D eigenvalue weighted by Gasteiger charge is 2.45. The van der Waals surface area contributed by atoms with Crippen molar-refractivity contribution >= 4 is 36.8 Å². The molecule has 2 fully saturated rings. The van der Waals surface area contributed by atoms with Crippen molar-refractivity contribution in [3.8, 4) is 0 Å². The molecule has 2 aromatic carbocycles. The Morgan fingerprint density at radius 1 is 1.09 bits per heavy atom. The summed E-state index contributed by atoms with van der Waals surface area (Å²) in [5.74, 6) is -0.0674. The standard InChI is InChI=1S/C36H43N8O10P/c1-3-4-15-43(36(46)40-23(2)37)30-16-26(50-19-25-13-9-6-10-14-25)29(53-30)21-51-55(47,48)54-27-17-31(44-22-39-32-33(44)41-35(38)42-34(32)45)52-28(27)20-49-18-24-11-7-5-8-12-24/h3-15,22,26-31H,1,16-21H2,2H3,(H,47,48)(H2,37,40,46)(H3,38,41,42,45). The molecule has 2 aromatic heterocycles. The minimum Gasteiger partial charge on any atom is -0.387 e. The van der Waals surface area contributed by atoms with Crippen molar-refractivity contribution in [2.24, 2.45) is 10.7 Å². The number of aliphatic imine (C=N–C) groups is 1. The van der Waals surface area contributed by atoms with Crippen molar-refractivity contribution in [1.82, 2.24) is 24.4 Å². The molecule has 2 amide bonds. The zero-order valence-corrected chi connectivity index (χ0v) is 30.9. The topological polar surface area (TPSA) is 241 Å². The molecule has 7 atom stereocenters. The number of nitrogens with two attached hydrogens (primary N) is 2. The van der Waals surface area contributed by atoms with Gasteiger partial charge in [-0.25, -0.2) is 14.3 Å². The Kier molecular flexibility index (Phi) is 13.0. The number of urea groups is 1. The Morgan fingerprint density at radius 3 is 2.47 bits per heavy atom. The zero-order chi connectivity index (χ0) is 39.0. The number of carbonyl (C=O) groups is 1. The number of nitrogens with one attached hydrogen (secondary N) is 1.